The fraction of sp³-hybridized carbons (Fsp3) is 0.0870. The third kappa shape index (κ3) is 4.04. The molecule has 0 radical (unpaired) electrons. The fourth-order valence-corrected chi connectivity index (χ4v) is 3.55. The average molecular weight is 420 g/mol. The van der Waals surface area contributed by atoms with E-state index in [0.29, 0.717) is 28.5 Å². The summed E-state index contributed by atoms with van der Waals surface area (Å²) in [4.78, 5) is 28.7. The molecule has 0 saturated heterocycles. The number of benzene rings is 3. The third-order valence-electron chi connectivity index (χ3n) is 4.80. The number of amides is 1. The van der Waals surface area contributed by atoms with Crippen LogP contribution in [0.5, 0.6) is 0 Å². The maximum absolute atomic E-state index is 12.7. The molecule has 30 heavy (non-hydrogen) atoms. The number of carbonyl (C=O) groups is 2. The lowest BCUT2D eigenvalue weighted by Crippen LogP contribution is -2.33. The lowest BCUT2D eigenvalue weighted by Gasteiger charge is -2.15. The van der Waals surface area contributed by atoms with Gasteiger partial charge in [-0.05, 0) is 40.9 Å². The molecule has 0 bridgehead atoms. The van der Waals surface area contributed by atoms with Crippen molar-refractivity contribution in [2.75, 3.05) is 0 Å². The van der Waals surface area contributed by atoms with Crippen molar-refractivity contribution >= 4 is 34.5 Å². The van der Waals surface area contributed by atoms with Crippen LogP contribution in [-0.2, 0) is 11.3 Å². The van der Waals surface area contributed by atoms with Gasteiger partial charge >= 0.3 is 5.97 Å². The van der Waals surface area contributed by atoms with Crippen molar-refractivity contribution in [2.24, 2.45) is 0 Å². The molecule has 3 aromatic carbocycles. The van der Waals surface area contributed by atoms with E-state index < -0.39 is 17.9 Å². The van der Waals surface area contributed by atoms with Gasteiger partial charge < -0.3 is 15.0 Å². The first-order chi connectivity index (χ1) is 14.5. The molecular weight excluding hydrogens is 402 g/mol. The van der Waals surface area contributed by atoms with Gasteiger partial charge in [-0.1, -0.05) is 60.7 Å². The molecule has 0 aliphatic carbocycles. The van der Waals surface area contributed by atoms with Crippen LogP contribution in [0.25, 0.3) is 11.0 Å². The molecule has 2 N–H and O–H groups in total. The van der Waals surface area contributed by atoms with Gasteiger partial charge in [0, 0.05) is 5.56 Å². The van der Waals surface area contributed by atoms with E-state index in [0.717, 1.165) is 11.1 Å². The predicted molar refractivity (Wildman–Crippen MR) is 115 cm³/mol. The lowest BCUT2D eigenvalue weighted by atomic mass is 10.1. The van der Waals surface area contributed by atoms with Crippen molar-refractivity contribution in [3.63, 3.8) is 0 Å². The van der Waals surface area contributed by atoms with E-state index in [-0.39, 0.29) is 0 Å². The maximum Gasteiger partial charge on any atom is 0.330 e. The minimum atomic E-state index is -1.14. The SMILES string of the molecule is O=C(NC(C(=O)O)c1ccccc1)c1ccc2c(c1)nc(Cl)n2Cc1ccccc1. The number of nitrogens with zero attached hydrogens (tertiary/aromatic N) is 2. The van der Waals surface area contributed by atoms with Gasteiger partial charge in [0.25, 0.3) is 5.91 Å². The molecule has 6 nitrogen and oxygen atoms in total. The van der Waals surface area contributed by atoms with E-state index in [9.17, 15) is 14.7 Å². The van der Waals surface area contributed by atoms with Crippen LogP contribution >= 0.6 is 11.6 Å². The summed E-state index contributed by atoms with van der Waals surface area (Å²) in [5.74, 6) is -1.63. The van der Waals surface area contributed by atoms with Gasteiger partial charge in [0.2, 0.25) is 5.28 Å². The number of halogens is 1. The predicted octanol–water partition coefficient (Wildman–Crippen LogP) is 4.29. The first-order valence-electron chi connectivity index (χ1n) is 9.31. The minimum Gasteiger partial charge on any atom is -0.479 e. The molecule has 1 unspecified atom stereocenters. The normalized spacial score (nSPS) is 11.9. The van der Waals surface area contributed by atoms with Crippen LogP contribution in [0.2, 0.25) is 5.28 Å². The van der Waals surface area contributed by atoms with Crippen molar-refractivity contribution in [1.29, 1.82) is 0 Å². The Morgan fingerprint density at radius 1 is 1.00 bits per heavy atom. The Bertz CT molecular complexity index is 1210. The van der Waals surface area contributed by atoms with Gasteiger partial charge in [-0.25, -0.2) is 9.78 Å². The summed E-state index contributed by atoms with van der Waals surface area (Å²) in [7, 11) is 0. The Kier molecular flexibility index (Phi) is 5.50. The fourth-order valence-electron chi connectivity index (χ4n) is 3.31. The molecule has 1 heterocycles. The van der Waals surface area contributed by atoms with E-state index in [1.807, 2.05) is 34.9 Å². The summed E-state index contributed by atoms with van der Waals surface area (Å²) < 4.78 is 1.86. The summed E-state index contributed by atoms with van der Waals surface area (Å²) >= 11 is 6.33. The highest BCUT2D eigenvalue weighted by molar-refractivity contribution is 6.29. The number of hydrogen-bond donors (Lipinski definition) is 2. The monoisotopic (exact) mass is 419 g/mol. The van der Waals surface area contributed by atoms with Crippen LogP contribution in [0.1, 0.15) is 27.5 Å². The van der Waals surface area contributed by atoms with Gasteiger partial charge in [0.05, 0.1) is 17.6 Å². The summed E-state index contributed by atoms with van der Waals surface area (Å²) in [5, 5.41) is 12.4. The Morgan fingerprint density at radius 2 is 1.67 bits per heavy atom. The molecule has 0 aliphatic heterocycles. The van der Waals surface area contributed by atoms with Gasteiger partial charge in [0.1, 0.15) is 0 Å². The van der Waals surface area contributed by atoms with Crippen LogP contribution in [0, 0.1) is 0 Å². The topological polar surface area (TPSA) is 84.2 Å². The largest absolute Gasteiger partial charge is 0.479 e. The number of hydrogen-bond acceptors (Lipinski definition) is 3. The molecule has 1 atom stereocenters. The summed E-state index contributed by atoms with van der Waals surface area (Å²) in [6.07, 6.45) is 0. The Hall–Kier alpha value is -3.64. The first-order valence-corrected chi connectivity index (χ1v) is 9.69. The number of aliphatic carboxylic acids is 1. The molecular formula is C23H18ClN3O3. The number of aromatic nitrogens is 2. The molecule has 0 saturated carbocycles. The molecule has 0 fully saturated rings. The number of carboxylic acid groups (broad SMARTS) is 1. The van der Waals surface area contributed by atoms with Gasteiger partial charge in [-0.15, -0.1) is 0 Å². The van der Waals surface area contributed by atoms with Gasteiger partial charge in [-0.2, -0.15) is 0 Å². The number of imidazole rings is 1. The standard InChI is InChI=1S/C23H18ClN3O3/c24-23-25-18-13-17(11-12-19(18)27(23)14-15-7-3-1-4-8-15)21(28)26-20(22(29)30)16-9-5-2-6-10-16/h1-13,20H,14H2,(H,26,28)(H,29,30). The highest BCUT2D eigenvalue weighted by Gasteiger charge is 2.23. The molecule has 0 aliphatic rings. The van der Waals surface area contributed by atoms with Gasteiger partial charge in [0.15, 0.2) is 6.04 Å². The van der Waals surface area contributed by atoms with E-state index in [1.165, 1.54) is 0 Å². The number of nitrogens with one attached hydrogen (secondary N) is 1. The van der Waals surface area contributed by atoms with Crippen LogP contribution in [0.4, 0.5) is 0 Å². The highest BCUT2D eigenvalue weighted by atomic mass is 35.5. The molecule has 7 heteroatoms. The second-order valence-electron chi connectivity index (χ2n) is 6.81. The maximum atomic E-state index is 12.7. The summed E-state index contributed by atoms with van der Waals surface area (Å²) in [5.41, 5.74) is 3.24. The van der Waals surface area contributed by atoms with Gasteiger partial charge in [-0.3, -0.25) is 4.79 Å². The van der Waals surface area contributed by atoms with Crippen molar-refractivity contribution in [1.82, 2.24) is 14.9 Å². The third-order valence-corrected chi connectivity index (χ3v) is 5.09. The van der Waals surface area contributed by atoms with E-state index in [2.05, 4.69) is 10.3 Å². The molecule has 1 amide bonds. The zero-order chi connectivity index (χ0) is 21.1. The Morgan fingerprint density at radius 3 is 2.33 bits per heavy atom. The molecule has 150 valence electrons. The second kappa shape index (κ2) is 8.39. The van der Waals surface area contributed by atoms with E-state index >= 15 is 0 Å². The smallest absolute Gasteiger partial charge is 0.330 e. The summed E-state index contributed by atoms with van der Waals surface area (Å²) in [6.45, 7) is 0.552. The zero-order valence-electron chi connectivity index (χ0n) is 15.8. The van der Waals surface area contributed by atoms with Crippen LogP contribution in [0.3, 0.4) is 0 Å². The van der Waals surface area contributed by atoms with Crippen LogP contribution < -0.4 is 5.32 Å². The van der Waals surface area contributed by atoms with E-state index in [4.69, 9.17) is 11.6 Å². The molecule has 0 spiro atoms. The van der Waals surface area contributed by atoms with Crippen LogP contribution in [-0.4, -0.2) is 26.5 Å². The number of carboxylic acids is 1. The minimum absolute atomic E-state index is 0.311. The molecule has 1 aromatic heterocycles. The second-order valence-corrected chi connectivity index (χ2v) is 7.15. The summed E-state index contributed by atoms with van der Waals surface area (Å²) in [6, 6.07) is 22.3. The Balaban J connectivity index is 1.60. The average Bonchev–Trinajstić information content (AvgIpc) is 3.07. The lowest BCUT2D eigenvalue weighted by molar-refractivity contribution is -0.139. The van der Waals surface area contributed by atoms with Crippen molar-refractivity contribution in [2.45, 2.75) is 12.6 Å². The Labute approximate surface area is 177 Å². The number of carbonyl (C=O) groups excluding carboxylic acids is 1. The number of fused-ring (bicyclic) bond motifs is 1. The molecule has 4 aromatic rings. The number of rotatable bonds is 6. The van der Waals surface area contributed by atoms with Crippen molar-refractivity contribution in [3.05, 3.63) is 101 Å². The first kappa shape index (κ1) is 19.7. The van der Waals surface area contributed by atoms with Crippen LogP contribution in [0.15, 0.2) is 78.9 Å². The zero-order valence-corrected chi connectivity index (χ0v) is 16.6. The molecule has 4 rings (SSSR count). The quantitative estimate of drug-likeness (QED) is 0.488. The van der Waals surface area contributed by atoms with Crippen molar-refractivity contribution in [3.8, 4) is 0 Å². The highest BCUT2D eigenvalue weighted by Crippen LogP contribution is 2.23. The van der Waals surface area contributed by atoms with E-state index in [1.54, 1.807) is 48.5 Å². The van der Waals surface area contributed by atoms with Crippen molar-refractivity contribution < 1.29 is 14.7 Å².